The van der Waals surface area contributed by atoms with Crippen molar-refractivity contribution in [3.8, 4) is 0 Å². The van der Waals surface area contributed by atoms with Crippen molar-refractivity contribution in [1.29, 1.82) is 0 Å². The molecule has 0 saturated carbocycles. The number of aromatic nitrogens is 1. The molecule has 2 heterocycles. The molecule has 0 aliphatic carbocycles. The lowest BCUT2D eigenvalue weighted by molar-refractivity contribution is -0.159. The van der Waals surface area contributed by atoms with Crippen LogP contribution in [0.2, 0.25) is 0 Å². The van der Waals surface area contributed by atoms with E-state index >= 15 is 0 Å². The Balaban J connectivity index is 2.06. The first kappa shape index (κ1) is 19.2. The van der Waals surface area contributed by atoms with E-state index in [9.17, 15) is 31.1 Å². The van der Waals surface area contributed by atoms with Gasteiger partial charge in [0.2, 0.25) is 5.91 Å². The SMILES string of the molecule is NC(=O)c1ccc2c(c1)CNC2[C@H](c1cc(C(F)(F)F)ccn1)C(F)(F)F. The number of hydrogen-bond donors (Lipinski definition) is 2. The lowest BCUT2D eigenvalue weighted by Crippen LogP contribution is -2.32. The molecule has 1 amide bonds. The number of amides is 1. The minimum Gasteiger partial charge on any atom is -0.366 e. The molecule has 10 heteroatoms. The van der Waals surface area contributed by atoms with Crippen LogP contribution in [0.4, 0.5) is 26.3 Å². The Morgan fingerprint density at radius 3 is 2.44 bits per heavy atom. The van der Waals surface area contributed by atoms with Gasteiger partial charge >= 0.3 is 12.4 Å². The number of pyridine rings is 1. The van der Waals surface area contributed by atoms with Crippen LogP contribution in [-0.2, 0) is 12.7 Å². The molecule has 1 aliphatic heterocycles. The van der Waals surface area contributed by atoms with Gasteiger partial charge in [-0.1, -0.05) is 6.07 Å². The van der Waals surface area contributed by atoms with Crippen LogP contribution in [0.5, 0.6) is 0 Å². The maximum Gasteiger partial charge on any atom is 0.416 e. The van der Waals surface area contributed by atoms with Gasteiger partial charge in [0, 0.05) is 24.3 Å². The Bertz CT molecular complexity index is 878. The van der Waals surface area contributed by atoms with Crippen molar-refractivity contribution in [3.63, 3.8) is 0 Å². The van der Waals surface area contributed by atoms with Crippen LogP contribution in [-0.4, -0.2) is 17.1 Å². The van der Waals surface area contributed by atoms with Crippen molar-refractivity contribution in [2.75, 3.05) is 0 Å². The molecule has 1 aromatic heterocycles. The number of nitrogens with one attached hydrogen (secondary N) is 1. The van der Waals surface area contributed by atoms with Gasteiger partial charge in [0.25, 0.3) is 0 Å². The minimum atomic E-state index is -4.85. The average Bonchev–Trinajstić information content (AvgIpc) is 2.96. The summed E-state index contributed by atoms with van der Waals surface area (Å²) >= 11 is 0. The first-order valence-corrected chi connectivity index (χ1v) is 7.74. The third kappa shape index (κ3) is 3.75. The summed E-state index contributed by atoms with van der Waals surface area (Å²) in [5, 5.41) is 2.66. The largest absolute Gasteiger partial charge is 0.416 e. The second-order valence-corrected chi connectivity index (χ2v) is 6.12. The summed E-state index contributed by atoms with van der Waals surface area (Å²) in [4.78, 5) is 14.8. The fourth-order valence-electron chi connectivity index (χ4n) is 3.16. The number of rotatable bonds is 3. The van der Waals surface area contributed by atoms with Gasteiger partial charge in [-0.25, -0.2) is 0 Å². The second kappa shape index (κ2) is 6.52. The van der Waals surface area contributed by atoms with E-state index in [4.69, 9.17) is 5.73 Å². The molecule has 27 heavy (non-hydrogen) atoms. The predicted molar refractivity (Wildman–Crippen MR) is 82.6 cm³/mol. The molecule has 0 fully saturated rings. The van der Waals surface area contributed by atoms with Gasteiger partial charge in [-0.15, -0.1) is 0 Å². The Morgan fingerprint density at radius 1 is 1.15 bits per heavy atom. The number of benzene rings is 1. The first-order valence-electron chi connectivity index (χ1n) is 7.74. The molecule has 2 atom stereocenters. The molecule has 0 saturated heterocycles. The molecular weight excluding hydrogens is 376 g/mol. The third-order valence-corrected chi connectivity index (χ3v) is 4.39. The molecule has 3 rings (SSSR count). The van der Waals surface area contributed by atoms with Crippen molar-refractivity contribution >= 4 is 5.91 Å². The molecule has 0 bridgehead atoms. The molecule has 144 valence electrons. The zero-order valence-corrected chi connectivity index (χ0v) is 13.5. The maximum absolute atomic E-state index is 13.8. The number of nitrogens with zero attached hydrogens (tertiary/aromatic N) is 1. The molecule has 2 aromatic rings. The molecule has 0 spiro atoms. The number of nitrogens with two attached hydrogens (primary N) is 1. The predicted octanol–water partition coefficient (Wildman–Crippen LogP) is 3.69. The monoisotopic (exact) mass is 389 g/mol. The molecule has 1 unspecified atom stereocenters. The fourth-order valence-corrected chi connectivity index (χ4v) is 3.16. The lowest BCUT2D eigenvalue weighted by Gasteiger charge is -2.27. The summed E-state index contributed by atoms with van der Waals surface area (Å²) in [7, 11) is 0. The highest BCUT2D eigenvalue weighted by molar-refractivity contribution is 5.93. The first-order chi connectivity index (χ1) is 12.5. The summed E-state index contributed by atoms with van der Waals surface area (Å²) in [6.45, 7) is 0.0205. The van der Waals surface area contributed by atoms with E-state index in [-0.39, 0.29) is 17.7 Å². The van der Waals surface area contributed by atoms with E-state index in [0.29, 0.717) is 23.9 Å². The van der Waals surface area contributed by atoms with Gasteiger partial charge in [0.05, 0.1) is 11.3 Å². The number of primary amides is 1. The summed E-state index contributed by atoms with van der Waals surface area (Å²) in [6, 6.07) is 3.68. The average molecular weight is 389 g/mol. The molecular formula is C17H13F6N3O. The molecule has 1 aromatic carbocycles. The minimum absolute atomic E-state index is 0.0205. The maximum atomic E-state index is 13.8. The van der Waals surface area contributed by atoms with E-state index in [1.165, 1.54) is 18.2 Å². The molecule has 0 radical (unpaired) electrons. The van der Waals surface area contributed by atoms with Crippen LogP contribution < -0.4 is 11.1 Å². The van der Waals surface area contributed by atoms with Gasteiger partial charge in [0.15, 0.2) is 0 Å². The van der Waals surface area contributed by atoms with Gasteiger partial charge in [-0.3, -0.25) is 9.78 Å². The third-order valence-electron chi connectivity index (χ3n) is 4.39. The van der Waals surface area contributed by atoms with Gasteiger partial charge in [0.1, 0.15) is 5.92 Å². The Kier molecular flexibility index (Phi) is 4.62. The second-order valence-electron chi connectivity index (χ2n) is 6.12. The zero-order chi connectivity index (χ0) is 20.0. The Hall–Kier alpha value is -2.62. The van der Waals surface area contributed by atoms with Gasteiger partial charge in [-0.2, -0.15) is 26.3 Å². The van der Waals surface area contributed by atoms with Crippen molar-refractivity contribution in [2.24, 2.45) is 5.73 Å². The highest BCUT2D eigenvalue weighted by Crippen LogP contribution is 2.46. The number of carbonyl (C=O) groups is 1. The number of carbonyl (C=O) groups excluding carboxylic acids is 1. The summed E-state index contributed by atoms with van der Waals surface area (Å²) in [6.07, 6.45) is -8.92. The van der Waals surface area contributed by atoms with Crippen molar-refractivity contribution < 1.29 is 31.1 Å². The topological polar surface area (TPSA) is 68.0 Å². The van der Waals surface area contributed by atoms with Gasteiger partial charge < -0.3 is 11.1 Å². The van der Waals surface area contributed by atoms with E-state index < -0.39 is 41.5 Å². The van der Waals surface area contributed by atoms with E-state index in [2.05, 4.69) is 10.3 Å². The fraction of sp³-hybridized carbons (Fsp3) is 0.294. The van der Waals surface area contributed by atoms with Crippen LogP contribution in [0, 0.1) is 0 Å². The highest BCUT2D eigenvalue weighted by Gasteiger charge is 2.49. The molecule has 1 aliphatic rings. The van der Waals surface area contributed by atoms with E-state index in [1.807, 2.05) is 0 Å². The summed E-state index contributed by atoms with van der Waals surface area (Å²) < 4.78 is 79.9. The number of alkyl halides is 6. The van der Waals surface area contributed by atoms with Crippen molar-refractivity contribution in [3.05, 3.63) is 64.5 Å². The van der Waals surface area contributed by atoms with Crippen LogP contribution in [0.3, 0.4) is 0 Å². The summed E-state index contributed by atoms with van der Waals surface area (Å²) in [5.74, 6) is -3.02. The number of fused-ring (bicyclic) bond motifs is 1. The highest BCUT2D eigenvalue weighted by atomic mass is 19.4. The molecule has 3 N–H and O–H groups in total. The Labute approximate surface area is 149 Å². The Morgan fingerprint density at radius 2 is 1.85 bits per heavy atom. The quantitative estimate of drug-likeness (QED) is 0.787. The lowest BCUT2D eigenvalue weighted by atomic mass is 9.88. The standard InChI is InChI=1S/C17H13F6N3O/c18-16(19,20)10-3-4-25-12(6-10)13(17(21,22)23)14-11-2-1-8(15(24)27)5-9(11)7-26-14/h1-6,13-14,26H,7H2,(H2,24,27)/t13-,14?/m0/s1. The number of halogens is 6. The van der Waals surface area contributed by atoms with Crippen LogP contribution in [0.15, 0.2) is 36.5 Å². The van der Waals surface area contributed by atoms with Crippen LogP contribution in [0.1, 0.15) is 44.7 Å². The van der Waals surface area contributed by atoms with Crippen LogP contribution in [0.25, 0.3) is 0 Å². The van der Waals surface area contributed by atoms with E-state index in [0.717, 1.165) is 0 Å². The van der Waals surface area contributed by atoms with Gasteiger partial charge in [-0.05, 0) is 35.4 Å². The smallest absolute Gasteiger partial charge is 0.366 e. The van der Waals surface area contributed by atoms with Crippen molar-refractivity contribution in [2.45, 2.75) is 30.9 Å². The van der Waals surface area contributed by atoms with Crippen LogP contribution >= 0.6 is 0 Å². The van der Waals surface area contributed by atoms with E-state index in [1.54, 1.807) is 0 Å². The number of hydrogen-bond acceptors (Lipinski definition) is 3. The zero-order valence-electron chi connectivity index (χ0n) is 13.5. The normalized spacial score (nSPS) is 18.2. The van der Waals surface area contributed by atoms with Crippen molar-refractivity contribution in [1.82, 2.24) is 10.3 Å². The molecule has 4 nitrogen and oxygen atoms in total. The summed E-state index contributed by atoms with van der Waals surface area (Å²) in [5.41, 5.74) is 4.03.